The second-order valence-corrected chi connectivity index (χ2v) is 8.91. The van der Waals surface area contributed by atoms with Crippen molar-refractivity contribution in [1.82, 2.24) is 9.21 Å². The molecular formula is C17H25N3O4S. The number of rotatable bonds is 4. The van der Waals surface area contributed by atoms with E-state index in [4.69, 9.17) is 10.5 Å². The Morgan fingerprint density at radius 1 is 1.24 bits per heavy atom. The molecule has 0 aliphatic carbocycles. The second kappa shape index (κ2) is 7.03. The molecule has 0 radical (unpaired) electrons. The Hall–Kier alpha value is -1.48. The van der Waals surface area contributed by atoms with Crippen LogP contribution in [0, 0.1) is 5.41 Å². The topological polar surface area (TPSA) is 92.9 Å². The quantitative estimate of drug-likeness (QED) is 0.837. The number of sulfonamides is 1. The highest BCUT2D eigenvalue weighted by Crippen LogP contribution is 2.31. The molecule has 138 valence electrons. The van der Waals surface area contributed by atoms with Crippen LogP contribution in [0.2, 0.25) is 0 Å². The average Bonchev–Trinajstić information content (AvgIpc) is 3.05. The first-order chi connectivity index (χ1) is 11.9. The van der Waals surface area contributed by atoms with Crippen LogP contribution in [0.15, 0.2) is 29.2 Å². The number of ether oxygens (including phenoxy) is 1. The van der Waals surface area contributed by atoms with Crippen molar-refractivity contribution in [3.8, 4) is 0 Å². The van der Waals surface area contributed by atoms with E-state index in [2.05, 4.69) is 6.92 Å². The Labute approximate surface area is 148 Å². The van der Waals surface area contributed by atoms with Gasteiger partial charge in [-0.3, -0.25) is 4.79 Å². The van der Waals surface area contributed by atoms with Crippen molar-refractivity contribution in [1.29, 1.82) is 0 Å². The molecular weight excluding hydrogens is 342 g/mol. The van der Waals surface area contributed by atoms with Crippen LogP contribution < -0.4 is 5.73 Å². The summed E-state index contributed by atoms with van der Waals surface area (Å²) in [6.45, 7) is 5.06. The van der Waals surface area contributed by atoms with Gasteiger partial charge in [0, 0.05) is 26.2 Å². The molecule has 1 aromatic rings. The number of morpholine rings is 1. The van der Waals surface area contributed by atoms with Crippen molar-refractivity contribution in [3.63, 3.8) is 0 Å². The highest BCUT2D eigenvalue weighted by molar-refractivity contribution is 7.89. The van der Waals surface area contributed by atoms with Gasteiger partial charge in [-0.2, -0.15) is 4.31 Å². The minimum Gasteiger partial charge on any atom is -0.379 e. The Bertz CT molecular complexity index is 746. The molecule has 3 rings (SSSR count). The normalized spacial score (nSPS) is 25.3. The fourth-order valence-corrected chi connectivity index (χ4v) is 4.92. The van der Waals surface area contributed by atoms with E-state index in [0.29, 0.717) is 45.9 Å². The van der Waals surface area contributed by atoms with E-state index >= 15 is 0 Å². The number of carbonyl (C=O) groups is 1. The van der Waals surface area contributed by atoms with Crippen molar-refractivity contribution >= 4 is 15.9 Å². The molecule has 2 aliphatic rings. The summed E-state index contributed by atoms with van der Waals surface area (Å²) in [7, 11) is -3.72. The highest BCUT2D eigenvalue weighted by atomic mass is 32.2. The lowest BCUT2D eigenvalue weighted by atomic mass is 9.90. The lowest BCUT2D eigenvalue weighted by Gasteiger charge is -2.27. The van der Waals surface area contributed by atoms with E-state index in [1.165, 1.54) is 10.4 Å². The molecule has 8 heteroatoms. The largest absolute Gasteiger partial charge is 0.379 e. The summed E-state index contributed by atoms with van der Waals surface area (Å²) in [5.41, 5.74) is 5.94. The van der Waals surface area contributed by atoms with Gasteiger partial charge in [0.1, 0.15) is 0 Å². The molecule has 1 atom stereocenters. The van der Waals surface area contributed by atoms with Gasteiger partial charge in [-0.25, -0.2) is 8.42 Å². The summed E-state index contributed by atoms with van der Waals surface area (Å²) >= 11 is 0. The van der Waals surface area contributed by atoms with Crippen molar-refractivity contribution in [2.75, 3.05) is 45.9 Å². The van der Waals surface area contributed by atoms with Crippen LogP contribution in [0.25, 0.3) is 0 Å². The first-order valence-electron chi connectivity index (χ1n) is 8.54. The summed E-state index contributed by atoms with van der Waals surface area (Å²) in [4.78, 5) is 14.8. The van der Waals surface area contributed by atoms with Gasteiger partial charge in [0.25, 0.3) is 5.91 Å². The molecule has 7 nitrogen and oxygen atoms in total. The minimum absolute atomic E-state index is 0.0725. The molecule has 25 heavy (non-hydrogen) atoms. The number of nitrogens with zero attached hydrogens (tertiary/aromatic N) is 2. The monoisotopic (exact) mass is 367 g/mol. The van der Waals surface area contributed by atoms with Gasteiger partial charge in [0.15, 0.2) is 0 Å². The molecule has 2 saturated heterocycles. The van der Waals surface area contributed by atoms with E-state index in [9.17, 15) is 13.2 Å². The maximum atomic E-state index is 13.0. The summed E-state index contributed by atoms with van der Waals surface area (Å²) in [6.07, 6.45) is 0.827. The third-order valence-electron chi connectivity index (χ3n) is 5.04. The molecule has 0 aromatic heterocycles. The lowest BCUT2D eigenvalue weighted by Crippen LogP contribution is -2.41. The highest BCUT2D eigenvalue weighted by Gasteiger charge is 2.37. The first kappa shape index (κ1) is 18.3. The van der Waals surface area contributed by atoms with E-state index in [-0.39, 0.29) is 21.8 Å². The third-order valence-corrected chi connectivity index (χ3v) is 7.00. The standard InChI is InChI=1S/C17H25N3O4S/c1-17(12-18)6-7-19(13-17)16(21)14-4-2-3-5-15(14)25(22,23)20-8-10-24-11-9-20/h2-5H,6-13,18H2,1H3. The van der Waals surface area contributed by atoms with Gasteiger partial charge in [-0.05, 0) is 30.5 Å². The van der Waals surface area contributed by atoms with E-state index in [1.54, 1.807) is 23.1 Å². The van der Waals surface area contributed by atoms with Crippen molar-refractivity contribution in [3.05, 3.63) is 29.8 Å². The molecule has 2 N–H and O–H groups in total. The molecule has 0 saturated carbocycles. The van der Waals surface area contributed by atoms with Gasteiger partial charge >= 0.3 is 0 Å². The Kier molecular flexibility index (Phi) is 5.15. The lowest BCUT2D eigenvalue weighted by molar-refractivity contribution is 0.0727. The van der Waals surface area contributed by atoms with E-state index in [1.807, 2.05) is 0 Å². The summed E-state index contributed by atoms with van der Waals surface area (Å²) < 4.78 is 32.6. The van der Waals surface area contributed by atoms with Crippen molar-refractivity contribution < 1.29 is 17.9 Å². The summed E-state index contributed by atoms with van der Waals surface area (Å²) in [5, 5.41) is 0. The number of benzene rings is 1. The number of amides is 1. The van der Waals surface area contributed by atoms with Crippen LogP contribution in [0.4, 0.5) is 0 Å². The van der Waals surface area contributed by atoms with Crippen LogP contribution in [-0.4, -0.2) is 69.5 Å². The van der Waals surface area contributed by atoms with Gasteiger partial charge in [0.05, 0.1) is 23.7 Å². The molecule has 0 bridgehead atoms. The summed E-state index contributed by atoms with van der Waals surface area (Å²) in [6, 6.07) is 6.45. The Morgan fingerprint density at radius 2 is 1.92 bits per heavy atom. The van der Waals surface area contributed by atoms with Crippen LogP contribution in [0.1, 0.15) is 23.7 Å². The number of hydrogen-bond donors (Lipinski definition) is 1. The van der Waals surface area contributed by atoms with Crippen LogP contribution in [0.3, 0.4) is 0 Å². The maximum Gasteiger partial charge on any atom is 0.255 e. The molecule has 0 spiro atoms. The molecule has 2 heterocycles. The number of likely N-dealkylation sites (tertiary alicyclic amines) is 1. The maximum absolute atomic E-state index is 13.0. The van der Waals surface area contributed by atoms with Gasteiger partial charge < -0.3 is 15.4 Å². The van der Waals surface area contributed by atoms with Crippen LogP contribution in [0.5, 0.6) is 0 Å². The average molecular weight is 367 g/mol. The van der Waals surface area contributed by atoms with Crippen LogP contribution >= 0.6 is 0 Å². The zero-order valence-electron chi connectivity index (χ0n) is 14.5. The molecule has 1 unspecified atom stereocenters. The van der Waals surface area contributed by atoms with Crippen molar-refractivity contribution in [2.45, 2.75) is 18.2 Å². The molecule has 1 amide bonds. The zero-order chi connectivity index (χ0) is 18.1. The number of carbonyl (C=O) groups excluding carboxylic acids is 1. The van der Waals surface area contributed by atoms with Crippen molar-refractivity contribution in [2.24, 2.45) is 11.1 Å². The van der Waals surface area contributed by atoms with E-state index < -0.39 is 10.0 Å². The Balaban J connectivity index is 1.90. The molecule has 2 aliphatic heterocycles. The van der Waals surface area contributed by atoms with Gasteiger partial charge in [0.2, 0.25) is 10.0 Å². The number of nitrogens with two attached hydrogens (primary N) is 1. The Morgan fingerprint density at radius 3 is 2.56 bits per heavy atom. The van der Waals surface area contributed by atoms with Gasteiger partial charge in [-0.15, -0.1) is 0 Å². The second-order valence-electron chi connectivity index (χ2n) is 7.00. The van der Waals surface area contributed by atoms with Crippen LogP contribution in [-0.2, 0) is 14.8 Å². The first-order valence-corrected chi connectivity index (χ1v) is 9.98. The third kappa shape index (κ3) is 3.57. The summed E-state index contributed by atoms with van der Waals surface area (Å²) in [5.74, 6) is -0.246. The predicted molar refractivity (Wildman–Crippen MR) is 93.7 cm³/mol. The SMILES string of the molecule is CC1(CN)CCN(C(=O)c2ccccc2S(=O)(=O)N2CCOCC2)C1. The van der Waals surface area contributed by atoms with Gasteiger partial charge in [-0.1, -0.05) is 19.1 Å². The number of hydrogen-bond acceptors (Lipinski definition) is 5. The minimum atomic E-state index is -3.72. The van der Waals surface area contributed by atoms with E-state index in [0.717, 1.165) is 6.42 Å². The molecule has 1 aromatic carbocycles. The fraction of sp³-hybridized carbons (Fsp3) is 0.588. The fourth-order valence-electron chi connectivity index (χ4n) is 3.33. The zero-order valence-corrected chi connectivity index (χ0v) is 15.3. The predicted octanol–water partition coefficient (Wildman–Crippen LogP) is 0.518. The smallest absolute Gasteiger partial charge is 0.255 e. The molecule has 2 fully saturated rings.